The second kappa shape index (κ2) is 13.2. The molecule has 1 unspecified atom stereocenters. The monoisotopic (exact) mass is 522 g/mol. The van der Waals surface area contributed by atoms with Crippen LogP contribution >= 0.6 is 7.82 Å². The first-order chi connectivity index (χ1) is 16.6. The Morgan fingerprint density at radius 3 is 1.75 bits per heavy atom. The minimum atomic E-state index is -4.79. The molecule has 0 bridgehead atoms. The van der Waals surface area contributed by atoms with E-state index in [1.165, 1.54) is 26.4 Å². The summed E-state index contributed by atoms with van der Waals surface area (Å²) in [4.78, 5) is 25.6. The van der Waals surface area contributed by atoms with E-state index in [4.69, 9.17) is 23.3 Å². The van der Waals surface area contributed by atoms with Gasteiger partial charge in [-0.3, -0.25) is 4.79 Å². The second-order valence-electron chi connectivity index (χ2n) is 7.93. The number of hydrogen-bond acceptors (Lipinski definition) is 8. The van der Waals surface area contributed by atoms with E-state index in [0.29, 0.717) is 6.42 Å². The zero-order chi connectivity index (χ0) is 25.6. The van der Waals surface area contributed by atoms with E-state index in [-0.39, 0.29) is 70.3 Å². The summed E-state index contributed by atoms with van der Waals surface area (Å²) in [5, 5.41) is 0. The Bertz CT molecular complexity index is 1200. The summed E-state index contributed by atoms with van der Waals surface area (Å²) in [6.07, 6.45) is 0.683. The van der Waals surface area contributed by atoms with Gasteiger partial charge in [0.05, 0.1) is 21.3 Å². The minimum Gasteiger partial charge on any atom is -0.736 e. The van der Waals surface area contributed by atoms with E-state index in [0.717, 1.165) is 22.4 Å². The number of methoxy groups -OCH3 is 3. The Kier molecular flexibility index (Phi) is 10.9. The van der Waals surface area contributed by atoms with Crippen LogP contribution in [0.15, 0.2) is 54.6 Å². The van der Waals surface area contributed by atoms with Crippen molar-refractivity contribution < 1.29 is 67.1 Å². The van der Waals surface area contributed by atoms with Gasteiger partial charge in [-0.25, -0.2) is 4.57 Å². The number of benzene rings is 3. The number of carbonyl (C=O) groups excluding carboxylic acids is 1. The molecule has 0 aliphatic carbocycles. The van der Waals surface area contributed by atoms with E-state index < -0.39 is 7.82 Å². The van der Waals surface area contributed by atoms with Crippen LogP contribution in [0.3, 0.4) is 0 Å². The Balaban J connectivity index is 0.00000456. The summed E-state index contributed by atoms with van der Waals surface area (Å²) in [6.45, 7) is 3.66. The Morgan fingerprint density at radius 2 is 1.28 bits per heavy atom. The van der Waals surface area contributed by atoms with Crippen molar-refractivity contribution in [2.45, 2.75) is 26.7 Å². The van der Waals surface area contributed by atoms with Crippen molar-refractivity contribution in [1.82, 2.24) is 0 Å². The van der Waals surface area contributed by atoms with E-state index in [9.17, 15) is 14.3 Å². The average Bonchev–Trinajstić information content (AvgIpc) is 2.80. The van der Waals surface area contributed by atoms with Crippen molar-refractivity contribution in [3.05, 3.63) is 76.9 Å². The molecule has 0 amide bonds. The quantitative estimate of drug-likeness (QED) is 0.214. The van der Waals surface area contributed by atoms with Gasteiger partial charge in [0, 0.05) is 18.6 Å². The smallest absolute Gasteiger partial charge is 0.736 e. The zero-order valence-electron chi connectivity index (χ0n) is 21.3. The summed E-state index contributed by atoms with van der Waals surface area (Å²) >= 11 is 0. The molecule has 0 aliphatic heterocycles. The molecule has 1 atom stereocenters. The molecule has 0 heterocycles. The molecule has 3 rings (SSSR count). The summed E-state index contributed by atoms with van der Waals surface area (Å²) in [6, 6.07) is 15.1. The first kappa shape index (κ1) is 29.7. The van der Waals surface area contributed by atoms with Gasteiger partial charge in [0.25, 0.3) is 0 Å². The molecule has 0 radical (unpaired) electrons. The minimum absolute atomic E-state index is 0. The van der Waals surface area contributed by atoms with Crippen LogP contribution in [0.2, 0.25) is 0 Å². The van der Waals surface area contributed by atoms with Crippen LogP contribution in [0, 0.1) is 13.8 Å². The third kappa shape index (κ3) is 8.02. The van der Waals surface area contributed by atoms with Gasteiger partial charge in [-0.1, -0.05) is 18.2 Å². The van der Waals surface area contributed by atoms with E-state index in [2.05, 4.69) is 0 Å². The molecule has 0 fully saturated rings. The maximum Gasteiger partial charge on any atom is 1.00 e. The molecule has 10 heteroatoms. The van der Waals surface area contributed by atoms with Gasteiger partial charge in [-0.2, -0.15) is 0 Å². The number of hydrogen-bond donors (Lipinski definition) is 0. The van der Waals surface area contributed by atoms with E-state index in [1.807, 2.05) is 44.2 Å². The molecule has 0 N–H and O–H groups in total. The van der Waals surface area contributed by atoms with Gasteiger partial charge >= 0.3 is 37.4 Å². The zero-order valence-corrected chi connectivity index (χ0v) is 24.2. The predicted molar refractivity (Wildman–Crippen MR) is 130 cm³/mol. The maximum absolute atomic E-state index is 13.0. The maximum atomic E-state index is 13.0. The molecular weight excluding hydrogens is 494 g/mol. The first-order valence-electron chi connectivity index (χ1n) is 10.8. The summed E-state index contributed by atoms with van der Waals surface area (Å²) in [5.41, 5.74) is 2.86. The normalized spacial score (nSPS) is 12.1. The van der Waals surface area contributed by atoms with Crippen LogP contribution in [0.4, 0.5) is 0 Å². The van der Waals surface area contributed by atoms with Crippen LogP contribution in [-0.4, -0.2) is 27.1 Å². The fraction of sp³-hybridized carbons (Fsp3) is 0.269. The number of Topliss-reactive ketones (excluding diaryl/α,β-unsaturated/α-hetero) is 1. The molecular formula is C26H28NaO8P. The van der Waals surface area contributed by atoms with Crippen molar-refractivity contribution in [2.75, 3.05) is 21.3 Å². The van der Waals surface area contributed by atoms with Gasteiger partial charge in [0.15, 0.2) is 5.78 Å². The summed E-state index contributed by atoms with van der Waals surface area (Å²) in [7, 11) is -0.449. The fourth-order valence-electron chi connectivity index (χ4n) is 3.65. The molecule has 0 saturated heterocycles. The van der Waals surface area contributed by atoms with Gasteiger partial charge in [-0.05, 0) is 61.2 Å². The molecule has 36 heavy (non-hydrogen) atoms. The van der Waals surface area contributed by atoms with Crippen LogP contribution in [0.25, 0.3) is 0 Å². The van der Waals surface area contributed by atoms with Crippen LogP contribution < -0.4 is 57.7 Å². The van der Waals surface area contributed by atoms with Crippen LogP contribution in [0.1, 0.15) is 33.5 Å². The number of phosphoric ester groups is 1. The Morgan fingerprint density at radius 1 is 0.778 bits per heavy atom. The topological polar surface area (TPSA) is 103 Å². The van der Waals surface area contributed by atoms with Gasteiger partial charge in [0.1, 0.15) is 34.3 Å². The van der Waals surface area contributed by atoms with Crippen molar-refractivity contribution >= 4 is 13.6 Å². The number of ether oxygens (including phenoxy) is 3. The number of rotatable bonds is 11. The third-order valence-electron chi connectivity index (χ3n) is 5.19. The number of ketones is 1. The first-order valence-corrected chi connectivity index (χ1v) is 12.3. The van der Waals surface area contributed by atoms with Crippen molar-refractivity contribution in [1.29, 1.82) is 0 Å². The molecule has 8 nitrogen and oxygen atoms in total. The van der Waals surface area contributed by atoms with Crippen molar-refractivity contribution in [3.8, 4) is 28.7 Å². The van der Waals surface area contributed by atoms with Gasteiger partial charge in [0.2, 0.25) is 0 Å². The molecule has 0 saturated carbocycles. The number of carbonyl (C=O) groups is 1. The SMILES string of the molecule is COc1ccc(CCC(=O)c2c(OC)cc(OP(=O)([O-])Oc3cc(C)cc(C)c3)cc2OC)cc1.[Na+]. The third-order valence-corrected chi connectivity index (χ3v) is 6.06. The number of phosphoric acid groups is 1. The van der Waals surface area contributed by atoms with Crippen LogP contribution in [0.5, 0.6) is 28.7 Å². The molecule has 0 spiro atoms. The van der Waals surface area contributed by atoms with E-state index in [1.54, 1.807) is 19.2 Å². The average molecular weight is 522 g/mol. The predicted octanol–water partition coefficient (Wildman–Crippen LogP) is 2.07. The second-order valence-corrected chi connectivity index (χ2v) is 9.19. The Labute approximate surface area is 233 Å². The number of aryl methyl sites for hydroxylation is 3. The molecule has 3 aromatic carbocycles. The molecule has 3 aromatic rings. The standard InChI is InChI=1S/C26H29O8P.Na/c1-17-12-18(2)14-21(13-17)33-35(28,29)34-22-15-24(31-4)26(25(16-22)32-5)23(27)11-8-19-6-9-20(30-3)10-7-19;/h6-7,9-10,12-16H,8,11H2,1-5H3,(H,28,29);/q;+1/p-1. The Hall–Kier alpha value is -2.48. The fourth-order valence-corrected chi connectivity index (χ4v) is 4.42. The molecule has 186 valence electrons. The molecule has 0 aliphatic rings. The molecule has 0 aromatic heterocycles. The largest absolute Gasteiger partial charge is 1.00 e. The van der Waals surface area contributed by atoms with E-state index >= 15 is 0 Å². The summed E-state index contributed by atoms with van der Waals surface area (Å²) in [5.74, 6) is 0.809. The van der Waals surface area contributed by atoms with Crippen molar-refractivity contribution in [2.24, 2.45) is 0 Å². The van der Waals surface area contributed by atoms with Gasteiger partial charge in [-0.15, -0.1) is 0 Å². The van der Waals surface area contributed by atoms with Gasteiger partial charge < -0.3 is 28.2 Å². The van der Waals surface area contributed by atoms with Crippen molar-refractivity contribution in [3.63, 3.8) is 0 Å². The van der Waals surface area contributed by atoms with Crippen LogP contribution in [-0.2, 0) is 11.0 Å². The summed E-state index contributed by atoms with van der Waals surface area (Å²) < 4.78 is 38.7.